The number of carbonyl (C=O) groups is 2. The smallest absolute Gasteiger partial charge is 0.229 e. The number of anilines is 2. The predicted molar refractivity (Wildman–Crippen MR) is 216 cm³/mol. The van der Waals surface area contributed by atoms with Crippen molar-refractivity contribution >= 4 is 70.7 Å². The Kier molecular flexibility index (Phi) is 19.6. The fraction of sp³-hybridized carbons (Fsp3) is 0.421. The Bertz CT molecular complexity index is 1470. The van der Waals surface area contributed by atoms with Gasteiger partial charge in [0.15, 0.2) is 0 Å². The van der Waals surface area contributed by atoms with Gasteiger partial charge in [-0.05, 0) is 88.3 Å². The molecule has 2 heterocycles. The zero-order chi connectivity index (χ0) is 34.1. The molecule has 6 N–H and O–H groups in total. The highest BCUT2D eigenvalue weighted by molar-refractivity contribution is 7.12. The Morgan fingerprint density at radius 1 is 0.592 bits per heavy atom. The SMILES string of the molecule is CNC(Cc1ccccc1NC(=O)C(C)(C)C)c1ccc(C)s1.CNC(Cc1ccccc1NC(=O)C(C)(C)C)c1ccc(C)s1.Cl.Cl.O. The van der Waals surface area contributed by atoms with Crippen molar-refractivity contribution in [3.8, 4) is 0 Å². The van der Waals surface area contributed by atoms with E-state index < -0.39 is 10.8 Å². The van der Waals surface area contributed by atoms with Gasteiger partial charge < -0.3 is 26.7 Å². The van der Waals surface area contributed by atoms with E-state index in [0.717, 1.165) is 35.3 Å². The van der Waals surface area contributed by atoms with Crippen molar-refractivity contribution in [3.63, 3.8) is 0 Å². The quantitative estimate of drug-likeness (QED) is 0.130. The number of benzene rings is 2. The molecular weight excluding hydrogens is 695 g/mol. The van der Waals surface area contributed by atoms with Gasteiger partial charge in [-0.3, -0.25) is 9.59 Å². The van der Waals surface area contributed by atoms with E-state index in [1.165, 1.54) is 19.5 Å². The summed E-state index contributed by atoms with van der Waals surface area (Å²) < 4.78 is 0. The Hall–Kier alpha value is -2.76. The first-order valence-electron chi connectivity index (χ1n) is 15.9. The molecule has 2 amide bonds. The number of amides is 2. The minimum atomic E-state index is -0.402. The molecule has 2 aromatic heterocycles. The molecule has 7 nitrogen and oxygen atoms in total. The molecule has 4 aromatic rings. The topological polar surface area (TPSA) is 114 Å². The summed E-state index contributed by atoms with van der Waals surface area (Å²) in [5, 5.41) is 12.9. The van der Waals surface area contributed by atoms with E-state index in [0.29, 0.717) is 0 Å². The van der Waals surface area contributed by atoms with Gasteiger partial charge in [0.2, 0.25) is 11.8 Å². The van der Waals surface area contributed by atoms with Crippen molar-refractivity contribution in [1.82, 2.24) is 10.6 Å². The summed E-state index contributed by atoms with van der Waals surface area (Å²) in [6.07, 6.45) is 1.69. The van der Waals surface area contributed by atoms with Crippen molar-refractivity contribution in [2.75, 3.05) is 24.7 Å². The molecule has 0 saturated carbocycles. The molecule has 49 heavy (non-hydrogen) atoms. The van der Waals surface area contributed by atoms with Crippen LogP contribution in [0.5, 0.6) is 0 Å². The third-order valence-corrected chi connectivity index (χ3v) is 9.88. The summed E-state index contributed by atoms with van der Waals surface area (Å²) in [6, 6.07) is 25.3. The van der Waals surface area contributed by atoms with E-state index in [2.05, 4.69) is 71.5 Å². The van der Waals surface area contributed by atoms with Crippen LogP contribution in [0, 0.1) is 24.7 Å². The summed E-state index contributed by atoms with van der Waals surface area (Å²) in [5.74, 6) is 0.0795. The largest absolute Gasteiger partial charge is 0.412 e. The number of hydrogen-bond acceptors (Lipinski definition) is 6. The molecule has 2 unspecified atom stereocenters. The maximum absolute atomic E-state index is 12.3. The minimum Gasteiger partial charge on any atom is -0.412 e. The fourth-order valence-electron chi connectivity index (χ4n) is 4.67. The minimum absolute atomic E-state index is 0. The monoisotopic (exact) mass is 750 g/mol. The molecule has 0 aliphatic heterocycles. The van der Waals surface area contributed by atoms with Crippen LogP contribution in [0.3, 0.4) is 0 Å². The van der Waals surface area contributed by atoms with E-state index >= 15 is 0 Å². The van der Waals surface area contributed by atoms with Crippen LogP contribution in [0.15, 0.2) is 72.8 Å². The third-order valence-electron chi connectivity index (χ3n) is 7.65. The van der Waals surface area contributed by atoms with Crippen molar-refractivity contribution in [1.29, 1.82) is 0 Å². The summed E-state index contributed by atoms with van der Waals surface area (Å²) in [5.41, 5.74) is 3.30. The summed E-state index contributed by atoms with van der Waals surface area (Å²) in [7, 11) is 3.96. The lowest BCUT2D eigenvalue weighted by Crippen LogP contribution is -2.28. The van der Waals surface area contributed by atoms with Gasteiger partial charge >= 0.3 is 0 Å². The highest BCUT2D eigenvalue weighted by Gasteiger charge is 2.24. The molecule has 2 atom stereocenters. The molecule has 0 saturated heterocycles. The second kappa shape index (κ2) is 20.8. The number of likely N-dealkylation sites (N-methyl/N-ethyl adjacent to an activating group) is 2. The second-order valence-electron chi connectivity index (χ2n) is 13.7. The van der Waals surface area contributed by atoms with Crippen molar-refractivity contribution in [2.24, 2.45) is 10.8 Å². The van der Waals surface area contributed by atoms with Crippen molar-refractivity contribution in [2.45, 2.75) is 80.3 Å². The number of nitrogens with one attached hydrogen (secondary N) is 4. The van der Waals surface area contributed by atoms with E-state index in [1.54, 1.807) is 0 Å². The molecular formula is C38H56Cl2N4O3S2. The van der Waals surface area contributed by atoms with Gasteiger partial charge in [-0.1, -0.05) is 77.9 Å². The lowest BCUT2D eigenvalue weighted by molar-refractivity contribution is -0.123. The molecule has 0 spiro atoms. The van der Waals surface area contributed by atoms with Crippen LogP contribution in [-0.4, -0.2) is 31.4 Å². The summed E-state index contributed by atoms with van der Waals surface area (Å²) in [6.45, 7) is 15.8. The second-order valence-corrected chi connectivity index (χ2v) is 16.3. The number of rotatable bonds is 10. The van der Waals surface area contributed by atoms with Crippen LogP contribution in [0.2, 0.25) is 0 Å². The zero-order valence-electron chi connectivity index (χ0n) is 30.4. The molecule has 0 radical (unpaired) electrons. The van der Waals surface area contributed by atoms with E-state index in [4.69, 9.17) is 0 Å². The number of hydrogen-bond donors (Lipinski definition) is 4. The Morgan fingerprint density at radius 2 is 0.918 bits per heavy atom. The molecule has 0 aliphatic rings. The number of thiophene rings is 2. The van der Waals surface area contributed by atoms with Crippen LogP contribution in [0.25, 0.3) is 0 Å². The fourth-order valence-corrected chi connectivity index (χ4v) is 6.65. The van der Waals surface area contributed by atoms with E-state index in [1.807, 2.05) is 115 Å². The molecule has 0 fully saturated rings. The lowest BCUT2D eigenvalue weighted by atomic mass is 9.95. The van der Waals surface area contributed by atoms with Crippen LogP contribution in [0.1, 0.15) is 84.3 Å². The Labute approximate surface area is 314 Å². The maximum Gasteiger partial charge on any atom is 0.229 e. The number of para-hydroxylation sites is 2. The first-order valence-corrected chi connectivity index (χ1v) is 17.5. The number of carbonyl (C=O) groups excluding carboxylic acids is 2. The lowest BCUT2D eigenvalue weighted by Gasteiger charge is -2.21. The normalized spacial score (nSPS) is 12.1. The van der Waals surface area contributed by atoms with Gasteiger partial charge in [-0.15, -0.1) is 47.5 Å². The first kappa shape index (κ1) is 46.2. The van der Waals surface area contributed by atoms with Crippen LogP contribution >= 0.6 is 47.5 Å². The summed E-state index contributed by atoms with van der Waals surface area (Å²) in [4.78, 5) is 29.9. The van der Waals surface area contributed by atoms with Crippen LogP contribution in [0.4, 0.5) is 11.4 Å². The first-order chi connectivity index (χ1) is 21.6. The predicted octanol–water partition coefficient (Wildman–Crippen LogP) is 9.11. The molecule has 2 aromatic carbocycles. The average molecular weight is 752 g/mol. The Morgan fingerprint density at radius 3 is 1.18 bits per heavy atom. The standard InChI is InChI=1S/2C19H26N2OS.2ClH.H2O/c2*1-13-10-11-17(23-13)16(20-5)12-14-8-6-7-9-15(14)21-18(22)19(2,3)4;;;/h2*6-11,16,20H,12H2,1-5H3,(H,21,22);2*1H;1H2. The van der Waals surface area contributed by atoms with Crippen LogP contribution in [-0.2, 0) is 22.4 Å². The van der Waals surface area contributed by atoms with E-state index in [-0.39, 0.29) is 54.2 Å². The average Bonchev–Trinajstić information content (AvgIpc) is 3.63. The van der Waals surface area contributed by atoms with E-state index in [9.17, 15) is 9.59 Å². The number of aryl methyl sites for hydroxylation is 2. The molecule has 0 bridgehead atoms. The summed E-state index contributed by atoms with van der Waals surface area (Å²) >= 11 is 3.63. The Balaban J connectivity index is 0.000000886. The zero-order valence-corrected chi connectivity index (χ0v) is 33.7. The highest BCUT2D eigenvalue weighted by Crippen LogP contribution is 2.30. The van der Waals surface area contributed by atoms with Gasteiger partial charge in [0.1, 0.15) is 0 Å². The molecule has 272 valence electrons. The molecule has 4 rings (SSSR count). The van der Waals surface area contributed by atoms with Crippen molar-refractivity contribution in [3.05, 3.63) is 103 Å². The highest BCUT2D eigenvalue weighted by atomic mass is 35.5. The molecule has 11 heteroatoms. The van der Waals surface area contributed by atoms with Crippen LogP contribution < -0.4 is 21.3 Å². The van der Waals surface area contributed by atoms with Gasteiger partial charge in [0, 0.05) is 53.8 Å². The maximum atomic E-state index is 12.3. The van der Waals surface area contributed by atoms with Gasteiger partial charge in [-0.25, -0.2) is 0 Å². The van der Waals surface area contributed by atoms with Crippen molar-refractivity contribution < 1.29 is 15.1 Å². The number of halogens is 2. The van der Waals surface area contributed by atoms with Gasteiger partial charge in [0.05, 0.1) is 0 Å². The molecule has 0 aliphatic carbocycles. The van der Waals surface area contributed by atoms with Gasteiger partial charge in [0.25, 0.3) is 0 Å². The van der Waals surface area contributed by atoms with Gasteiger partial charge in [-0.2, -0.15) is 0 Å². The third kappa shape index (κ3) is 14.2.